The maximum atomic E-state index is 13.9. The van der Waals surface area contributed by atoms with E-state index < -0.39 is 0 Å². The monoisotopic (exact) mass is 325 g/mol. The third-order valence-electron chi connectivity index (χ3n) is 4.29. The number of nitrogens with two attached hydrogens (primary N) is 1. The summed E-state index contributed by atoms with van der Waals surface area (Å²) in [6.07, 6.45) is 4.07. The summed E-state index contributed by atoms with van der Waals surface area (Å²) in [4.78, 5) is 8.26. The molecule has 0 fully saturated rings. The number of hydrogen-bond acceptors (Lipinski definition) is 5. The van der Waals surface area contributed by atoms with Crippen molar-refractivity contribution in [1.82, 2.24) is 19.7 Å². The Morgan fingerprint density at radius 2 is 2.08 bits per heavy atom. The number of nitrogens with zero attached hydrogens (tertiary/aromatic N) is 4. The third kappa shape index (κ3) is 2.38. The van der Waals surface area contributed by atoms with Crippen molar-refractivity contribution >= 4 is 5.82 Å². The van der Waals surface area contributed by atoms with Crippen molar-refractivity contribution < 1.29 is 9.50 Å². The van der Waals surface area contributed by atoms with Crippen LogP contribution in [0.1, 0.15) is 23.2 Å². The molecule has 0 atom stereocenters. The zero-order valence-corrected chi connectivity index (χ0v) is 12.9. The zero-order chi connectivity index (χ0) is 16.7. The van der Waals surface area contributed by atoms with E-state index in [1.807, 2.05) is 10.7 Å². The molecule has 3 N–H and O–H groups in total. The van der Waals surface area contributed by atoms with Gasteiger partial charge in [0.2, 0.25) is 0 Å². The van der Waals surface area contributed by atoms with Gasteiger partial charge >= 0.3 is 0 Å². The van der Waals surface area contributed by atoms with Crippen molar-refractivity contribution in [2.45, 2.75) is 25.8 Å². The van der Waals surface area contributed by atoms with E-state index in [1.165, 1.54) is 12.3 Å². The molecule has 1 aliphatic rings. The minimum atomic E-state index is -0.244. The highest BCUT2D eigenvalue weighted by molar-refractivity contribution is 5.60. The van der Waals surface area contributed by atoms with Crippen LogP contribution in [-0.2, 0) is 19.4 Å². The van der Waals surface area contributed by atoms with E-state index in [0.29, 0.717) is 23.6 Å². The Morgan fingerprint density at radius 1 is 1.25 bits per heavy atom. The van der Waals surface area contributed by atoms with E-state index in [9.17, 15) is 9.50 Å². The molecule has 0 saturated heterocycles. The van der Waals surface area contributed by atoms with Crippen LogP contribution in [0, 0.1) is 5.82 Å². The lowest BCUT2D eigenvalue weighted by atomic mass is 10.2. The number of hydrogen-bond donors (Lipinski definition) is 2. The Bertz CT molecular complexity index is 921. The Balaban J connectivity index is 1.77. The second kappa shape index (κ2) is 5.59. The highest BCUT2D eigenvalue weighted by Crippen LogP contribution is 2.32. The fraction of sp³-hybridized carbons (Fsp3) is 0.235. The highest BCUT2D eigenvalue weighted by atomic mass is 19.1. The maximum Gasteiger partial charge on any atom is 0.182 e. The first-order valence-electron chi connectivity index (χ1n) is 7.77. The van der Waals surface area contributed by atoms with Gasteiger partial charge in [0.05, 0.1) is 12.7 Å². The van der Waals surface area contributed by atoms with E-state index in [1.54, 1.807) is 12.1 Å². The number of nitrogen functional groups attached to an aromatic ring is 1. The van der Waals surface area contributed by atoms with E-state index >= 15 is 0 Å². The number of benzene rings is 1. The smallest absolute Gasteiger partial charge is 0.182 e. The average Bonchev–Trinajstić information content (AvgIpc) is 3.16. The first kappa shape index (κ1) is 14.6. The van der Waals surface area contributed by atoms with E-state index in [0.717, 1.165) is 30.5 Å². The number of aromatic hydroxyl groups is 1. The SMILES string of the molecule is Nc1nc(-c2nn(Cc3ccccc3F)c3c2CCC3)ncc1O. The maximum absolute atomic E-state index is 13.9. The molecule has 0 aliphatic heterocycles. The molecule has 0 unspecified atom stereocenters. The largest absolute Gasteiger partial charge is 0.503 e. The quantitative estimate of drug-likeness (QED) is 0.771. The Kier molecular flexibility index (Phi) is 3.41. The van der Waals surface area contributed by atoms with E-state index in [-0.39, 0.29) is 17.4 Å². The normalized spacial score (nSPS) is 13.2. The summed E-state index contributed by atoms with van der Waals surface area (Å²) < 4.78 is 15.8. The minimum Gasteiger partial charge on any atom is -0.503 e. The molecule has 1 aromatic carbocycles. The number of aromatic nitrogens is 4. The van der Waals surface area contributed by atoms with Gasteiger partial charge in [-0.2, -0.15) is 5.10 Å². The Labute approximate surface area is 137 Å². The van der Waals surface area contributed by atoms with Gasteiger partial charge in [-0.25, -0.2) is 14.4 Å². The standard InChI is InChI=1S/C17H16FN5O/c18-12-6-2-1-4-10(12)9-23-13-7-3-5-11(13)15(22-23)17-20-8-14(24)16(19)21-17/h1-2,4,6,8,24H,3,5,7,9H2,(H2,19,20,21). The summed E-state index contributed by atoms with van der Waals surface area (Å²) >= 11 is 0. The van der Waals surface area contributed by atoms with Gasteiger partial charge in [-0.05, 0) is 25.3 Å². The van der Waals surface area contributed by atoms with Gasteiger partial charge in [0.25, 0.3) is 0 Å². The third-order valence-corrected chi connectivity index (χ3v) is 4.29. The second-order valence-electron chi connectivity index (χ2n) is 5.84. The molecular formula is C17H16FN5O. The van der Waals surface area contributed by atoms with Crippen molar-refractivity contribution in [3.05, 3.63) is 53.1 Å². The van der Waals surface area contributed by atoms with Crippen LogP contribution in [0.2, 0.25) is 0 Å². The molecule has 6 nitrogen and oxygen atoms in total. The van der Waals surface area contributed by atoms with Crippen molar-refractivity contribution in [3.8, 4) is 17.3 Å². The minimum absolute atomic E-state index is 0.0235. The van der Waals surface area contributed by atoms with Gasteiger partial charge in [0, 0.05) is 16.8 Å². The van der Waals surface area contributed by atoms with Gasteiger partial charge in [-0.1, -0.05) is 18.2 Å². The average molecular weight is 325 g/mol. The fourth-order valence-electron chi connectivity index (χ4n) is 3.11. The van der Waals surface area contributed by atoms with Crippen LogP contribution in [0.15, 0.2) is 30.5 Å². The van der Waals surface area contributed by atoms with Crippen LogP contribution < -0.4 is 5.73 Å². The lowest BCUT2D eigenvalue weighted by Crippen LogP contribution is -2.07. The Hall–Kier alpha value is -2.96. The van der Waals surface area contributed by atoms with Gasteiger partial charge in [-0.3, -0.25) is 4.68 Å². The second-order valence-corrected chi connectivity index (χ2v) is 5.84. The number of anilines is 1. The van der Waals surface area contributed by atoms with Gasteiger partial charge in [0.1, 0.15) is 11.5 Å². The summed E-state index contributed by atoms with van der Waals surface area (Å²) in [6.45, 7) is 0.364. The predicted octanol–water partition coefficient (Wildman–Crippen LogP) is 2.30. The number of fused-ring (bicyclic) bond motifs is 1. The topological polar surface area (TPSA) is 89.9 Å². The number of halogens is 1. The predicted molar refractivity (Wildman–Crippen MR) is 86.9 cm³/mol. The Morgan fingerprint density at radius 3 is 2.88 bits per heavy atom. The molecule has 3 aromatic rings. The van der Waals surface area contributed by atoms with Crippen LogP contribution in [0.3, 0.4) is 0 Å². The van der Waals surface area contributed by atoms with Gasteiger partial charge in [-0.15, -0.1) is 0 Å². The molecule has 122 valence electrons. The molecular weight excluding hydrogens is 309 g/mol. The van der Waals surface area contributed by atoms with Crippen molar-refractivity contribution in [2.75, 3.05) is 5.73 Å². The van der Waals surface area contributed by atoms with Crippen LogP contribution in [0.4, 0.5) is 10.2 Å². The van der Waals surface area contributed by atoms with Gasteiger partial charge < -0.3 is 10.8 Å². The van der Waals surface area contributed by atoms with Gasteiger partial charge in [0.15, 0.2) is 17.4 Å². The van der Waals surface area contributed by atoms with Crippen LogP contribution >= 0.6 is 0 Å². The van der Waals surface area contributed by atoms with Crippen molar-refractivity contribution in [3.63, 3.8) is 0 Å². The summed E-state index contributed by atoms with van der Waals surface area (Å²) in [5.74, 6) is 0.0127. The molecule has 0 amide bonds. The summed E-state index contributed by atoms with van der Waals surface area (Å²) in [7, 11) is 0. The molecule has 4 rings (SSSR count). The zero-order valence-electron chi connectivity index (χ0n) is 12.9. The summed E-state index contributed by atoms with van der Waals surface area (Å²) in [6, 6.07) is 6.69. The molecule has 0 radical (unpaired) electrons. The molecule has 2 heterocycles. The first-order valence-corrected chi connectivity index (χ1v) is 7.77. The molecule has 0 bridgehead atoms. The van der Waals surface area contributed by atoms with Crippen molar-refractivity contribution in [1.29, 1.82) is 0 Å². The summed E-state index contributed by atoms with van der Waals surface area (Å²) in [5, 5.41) is 14.1. The molecule has 1 aliphatic carbocycles. The fourth-order valence-corrected chi connectivity index (χ4v) is 3.11. The van der Waals surface area contributed by atoms with Crippen LogP contribution in [-0.4, -0.2) is 24.9 Å². The first-order chi connectivity index (χ1) is 11.6. The lowest BCUT2D eigenvalue weighted by Gasteiger charge is -2.06. The molecule has 0 saturated carbocycles. The van der Waals surface area contributed by atoms with Crippen LogP contribution in [0.5, 0.6) is 5.75 Å². The van der Waals surface area contributed by atoms with E-state index in [4.69, 9.17) is 5.73 Å². The highest BCUT2D eigenvalue weighted by Gasteiger charge is 2.25. The molecule has 24 heavy (non-hydrogen) atoms. The molecule has 7 heteroatoms. The molecule has 0 spiro atoms. The van der Waals surface area contributed by atoms with Crippen molar-refractivity contribution in [2.24, 2.45) is 0 Å². The number of rotatable bonds is 3. The van der Waals surface area contributed by atoms with E-state index in [2.05, 4.69) is 15.1 Å². The lowest BCUT2D eigenvalue weighted by molar-refractivity contribution is 0.473. The van der Waals surface area contributed by atoms with Crippen LogP contribution in [0.25, 0.3) is 11.5 Å². The summed E-state index contributed by atoms with van der Waals surface area (Å²) in [5.41, 5.74) is 9.08. The molecule has 2 aromatic heterocycles.